The van der Waals surface area contributed by atoms with Crippen molar-refractivity contribution in [3.05, 3.63) is 0 Å². The highest BCUT2D eigenvalue weighted by molar-refractivity contribution is 7.38. The molecule has 1 unspecified atom stereocenters. The van der Waals surface area contributed by atoms with Gasteiger partial charge in [0.05, 0.1) is 0 Å². The van der Waals surface area contributed by atoms with Crippen LogP contribution in [0.15, 0.2) is 0 Å². The summed E-state index contributed by atoms with van der Waals surface area (Å²) in [5.74, 6) is 0.205. The first kappa shape index (κ1) is 29.5. The van der Waals surface area contributed by atoms with E-state index in [0.29, 0.717) is 13.0 Å². The van der Waals surface area contributed by atoms with Gasteiger partial charge in [0.25, 0.3) is 0 Å². The van der Waals surface area contributed by atoms with Crippen molar-refractivity contribution in [1.29, 1.82) is 0 Å². The molecule has 0 saturated heterocycles. The van der Waals surface area contributed by atoms with Gasteiger partial charge in [0, 0.05) is 13.0 Å². The van der Waals surface area contributed by atoms with Gasteiger partial charge < -0.3 is 5.32 Å². The standard InChI is InChI=1S/C25H50NO3P/c1-3-4-5-6-7-8-9-10-11-12-13-14-15-16-19-22-25(27)26-23-20-17-18-21-24-29-30(2)28/h3-24H2,1-2H3/p+1. The molecule has 0 heterocycles. The van der Waals surface area contributed by atoms with E-state index in [2.05, 4.69) is 12.2 Å². The van der Waals surface area contributed by atoms with Gasteiger partial charge in [-0.3, -0.25) is 4.79 Å². The first-order valence-corrected chi connectivity index (χ1v) is 14.6. The summed E-state index contributed by atoms with van der Waals surface area (Å²) in [5, 5.41) is 3.02. The SMILES string of the molecule is CCCCCCCCCCCCCCCCCC(=O)NCCCCCCO[P+](C)=O. The first-order chi connectivity index (χ1) is 14.7. The van der Waals surface area contributed by atoms with E-state index in [1.54, 1.807) is 6.66 Å². The predicted molar refractivity (Wildman–Crippen MR) is 131 cm³/mol. The molecule has 5 heteroatoms. The maximum Gasteiger partial charge on any atom is 0.504 e. The van der Waals surface area contributed by atoms with E-state index in [1.165, 1.54) is 89.9 Å². The van der Waals surface area contributed by atoms with Crippen LogP contribution < -0.4 is 5.32 Å². The lowest BCUT2D eigenvalue weighted by atomic mass is 10.0. The molecule has 0 aromatic rings. The highest BCUT2D eigenvalue weighted by Crippen LogP contribution is 2.16. The third-order valence-corrected chi connectivity index (χ3v) is 6.22. The Labute approximate surface area is 188 Å². The fourth-order valence-electron chi connectivity index (χ4n) is 3.75. The lowest BCUT2D eigenvalue weighted by molar-refractivity contribution is -0.121. The maximum atomic E-state index is 11.8. The second-order valence-corrected chi connectivity index (χ2v) is 9.87. The van der Waals surface area contributed by atoms with E-state index in [-0.39, 0.29) is 5.91 Å². The fourth-order valence-corrected chi connectivity index (χ4v) is 4.13. The van der Waals surface area contributed by atoms with Crippen LogP contribution in [-0.2, 0) is 13.9 Å². The van der Waals surface area contributed by atoms with Crippen LogP contribution in [0.25, 0.3) is 0 Å². The molecule has 0 aromatic heterocycles. The number of amides is 1. The van der Waals surface area contributed by atoms with Crippen LogP contribution in [0, 0.1) is 0 Å². The van der Waals surface area contributed by atoms with Gasteiger partial charge in [0.15, 0.2) is 6.66 Å². The summed E-state index contributed by atoms with van der Waals surface area (Å²) in [4.78, 5) is 11.8. The number of rotatable bonds is 24. The molecule has 30 heavy (non-hydrogen) atoms. The number of carbonyl (C=O) groups is 1. The number of hydrogen-bond acceptors (Lipinski definition) is 3. The Bertz CT molecular complexity index is 391. The molecule has 0 radical (unpaired) electrons. The summed E-state index contributed by atoms with van der Waals surface area (Å²) < 4.78 is 15.8. The number of carbonyl (C=O) groups excluding carboxylic acids is 1. The largest absolute Gasteiger partial charge is 0.504 e. The summed E-state index contributed by atoms with van der Waals surface area (Å²) in [6.07, 6.45) is 25.1. The topological polar surface area (TPSA) is 55.4 Å². The smallest absolute Gasteiger partial charge is 0.356 e. The van der Waals surface area contributed by atoms with Crippen molar-refractivity contribution in [3.63, 3.8) is 0 Å². The minimum Gasteiger partial charge on any atom is -0.356 e. The molecule has 0 aliphatic carbocycles. The monoisotopic (exact) mass is 444 g/mol. The van der Waals surface area contributed by atoms with Gasteiger partial charge in [0.2, 0.25) is 5.91 Å². The molecule has 0 spiro atoms. The predicted octanol–water partition coefficient (Wildman–Crippen LogP) is 8.31. The van der Waals surface area contributed by atoms with Crippen LogP contribution in [0.4, 0.5) is 0 Å². The fraction of sp³-hybridized carbons (Fsp3) is 0.960. The molecule has 0 aliphatic rings. The van der Waals surface area contributed by atoms with Gasteiger partial charge >= 0.3 is 8.03 Å². The van der Waals surface area contributed by atoms with E-state index in [4.69, 9.17) is 4.52 Å². The second kappa shape index (κ2) is 24.8. The molecule has 0 rings (SSSR count). The van der Waals surface area contributed by atoms with Crippen LogP contribution in [0.5, 0.6) is 0 Å². The lowest BCUT2D eigenvalue weighted by Crippen LogP contribution is -2.23. The summed E-state index contributed by atoms with van der Waals surface area (Å²) in [6.45, 7) is 5.22. The minimum absolute atomic E-state index is 0.205. The van der Waals surface area contributed by atoms with E-state index in [1.807, 2.05) is 0 Å². The average Bonchev–Trinajstić information content (AvgIpc) is 2.72. The molecule has 0 aromatic carbocycles. The molecule has 1 atom stereocenters. The molecule has 0 saturated carbocycles. The van der Waals surface area contributed by atoms with Crippen LogP contribution in [0.2, 0.25) is 0 Å². The summed E-state index contributed by atoms with van der Waals surface area (Å²) in [6, 6.07) is 0. The molecule has 0 fully saturated rings. The van der Waals surface area contributed by atoms with Gasteiger partial charge in [0.1, 0.15) is 6.61 Å². The highest BCUT2D eigenvalue weighted by atomic mass is 31.1. The van der Waals surface area contributed by atoms with Gasteiger partial charge in [-0.1, -0.05) is 110 Å². The number of nitrogens with one attached hydrogen (secondary N) is 1. The zero-order chi connectivity index (χ0) is 22.1. The Kier molecular flexibility index (Phi) is 24.4. The van der Waals surface area contributed by atoms with Crippen LogP contribution >= 0.6 is 8.03 Å². The Morgan fingerprint density at radius 3 is 1.60 bits per heavy atom. The van der Waals surface area contributed by atoms with Gasteiger partial charge in [-0.25, -0.2) is 0 Å². The Morgan fingerprint density at radius 1 is 0.667 bits per heavy atom. The molecular weight excluding hydrogens is 393 g/mol. The summed E-state index contributed by atoms with van der Waals surface area (Å²) in [7, 11) is -1.46. The van der Waals surface area contributed by atoms with Crippen molar-refractivity contribution >= 4 is 13.9 Å². The zero-order valence-corrected chi connectivity index (χ0v) is 21.1. The molecule has 0 aliphatic heterocycles. The van der Waals surface area contributed by atoms with Crippen molar-refractivity contribution in [2.24, 2.45) is 0 Å². The normalized spacial score (nSPS) is 11.6. The third-order valence-electron chi connectivity index (χ3n) is 5.67. The number of unbranched alkanes of at least 4 members (excludes halogenated alkanes) is 17. The van der Waals surface area contributed by atoms with E-state index >= 15 is 0 Å². The number of hydrogen-bond donors (Lipinski definition) is 1. The second-order valence-electron chi connectivity index (χ2n) is 8.74. The third kappa shape index (κ3) is 25.6. The average molecular weight is 445 g/mol. The Hall–Kier alpha value is -0.470. The van der Waals surface area contributed by atoms with Crippen LogP contribution in [-0.4, -0.2) is 25.7 Å². The highest BCUT2D eigenvalue weighted by Gasteiger charge is 2.05. The molecular formula is C25H51NO3P+. The first-order valence-electron chi connectivity index (χ1n) is 13.0. The maximum absolute atomic E-state index is 11.8. The van der Waals surface area contributed by atoms with Crippen molar-refractivity contribution in [2.75, 3.05) is 19.8 Å². The zero-order valence-electron chi connectivity index (χ0n) is 20.2. The van der Waals surface area contributed by atoms with Gasteiger partial charge in [-0.2, -0.15) is 0 Å². The summed E-state index contributed by atoms with van der Waals surface area (Å²) >= 11 is 0. The lowest BCUT2D eigenvalue weighted by Gasteiger charge is -2.05. The molecule has 1 amide bonds. The van der Waals surface area contributed by atoms with Crippen molar-refractivity contribution in [1.82, 2.24) is 5.32 Å². The molecule has 4 nitrogen and oxygen atoms in total. The van der Waals surface area contributed by atoms with Crippen molar-refractivity contribution < 1.29 is 13.9 Å². The van der Waals surface area contributed by atoms with Gasteiger partial charge in [-0.15, -0.1) is 4.52 Å². The van der Waals surface area contributed by atoms with Crippen LogP contribution in [0.1, 0.15) is 135 Å². The molecule has 1 N–H and O–H groups in total. The summed E-state index contributed by atoms with van der Waals surface area (Å²) in [5.41, 5.74) is 0. The van der Waals surface area contributed by atoms with E-state index in [0.717, 1.165) is 38.6 Å². The van der Waals surface area contributed by atoms with E-state index in [9.17, 15) is 9.36 Å². The van der Waals surface area contributed by atoms with Crippen molar-refractivity contribution in [2.45, 2.75) is 135 Å². The Morgan fingerprint density at radius 2 is 1.10 bits per heavy atom. The quantitative estimate of drug-likeness (QED) is 0.120. The van der Waals surface area contributed by atoms with Gasteiger partial charge in [-0.05, 0) is 23.8 Å². The minimum atomic E-state index is -1.46. The van der Waals surface area contributed by atoms with Crippen molar-refractivity contribution in [3.8, 4) is 0 Å². The Balaban J connectivity index is 3.15. The molecule has 0 bridgehead atoms. The molecule has 178 valence electrons. The van der Waals surface area contributed by atoms with Crippen LogP contribution in [0.3, 0.4) is 0 Å². The van der Waals surface area contributed by atoms with E-state index < -0.39 is 8.03 Å².